The van der Waals surface area contributed by atoms with E-state index in [9.17, 15) is 9.18 Å². The molecule has 36 heavy (non-hydrogen) atoms. The Labute approximate surface area is 205 Å². The number of carboxylic acid groups (broad SMARTS) is 1. The Kier molecular flexibility index (Phi) is 5.44. The zero-order valence-electron chi connectivity index (χ0n) is 19.3. The third-order valence-corrected chi connectivity index (χ3v) is 6.55. The van der Waals surface area contributed by atoms with Crippen LogP contribution in [0.4, 0.5) is 26.4 Å². The van der Waals surface area contributed by atoms with Crippen LogP contribution in [0.5, 0.6) is 0 Å². The van der Waals surface area contributed by atoms with E-state index < -0.39 is 11.9 Å². The number of nitrogens with zero attached hydrogens (tertiary/aromatic N) is 7. The molecular weight excluding hydrogens is 463 g/mol. The number of benzene rings is 1. The minimum absolute atomic E-state index is 0.149. The van der Waals surface area contributed by atoms with Crippen molar-refractivity contribution in [2.24, 2.45) is 4.99 Å². The number of aromatic nitrogens is 4. The van der Waals surface area contributed by atoms with Crippen molar-refractivity contribution in [2.45, 2.75) is 6.54 Å². The van der Waals surface area contributed by atoms with E-state index >= 15 is 0 Å². The predicted octanol–water partition coefficient (Wildman–Crippen LogP) is 3.04. The summed E-state index contributed by atoms with van der Waals surface area (Å²) in [6.07, 6.45) is 4.31. The summed E-state index contributed by atoms with van der Waals surface area (Å²) in [5.74, 6) is 1.22. The lowest BCUT2D eigenvalue weighted by Crippen LogP contribution is -2.48. The largest absolute Gasteiger partial charge is 0.465 e. The summed E-state index contributed by atoms with van der Waals surface area (Å²) in [6.45, 7) is 3.31. The number of amides is 1. The molecule has 1 aromatic carbocycles. The topological polar surface area (TPSA) is 112 Å². The van der Waals surface area contributed by atoms with Crippen LogP contribution in [0, 0.1) is 5.82 Å². The molecule has 2 aromatic rings. The average Bonchev–Trinajstić information content (AvgIpc) is 3.40. The monoisotopic (exact) mass is 486 g/mol. The van der Waals surface area contributed by atoms with Crippen LogP contribution in [-0.2, 0) is 6.54 Å². The summed E-state index contributed by atoms with van der Waals surface area (Å²) in [4.78, 5) is 31.9. The van der Waals surface area contributed by atoms with Gasteiger partial charge in [-0.05, 0) is 42.0 Å². The molecule has 182 valence electrons. The van der Waals surface area contributed by atoms with Crippen molar-refractivity contribution >= 4 is 23.3 Å². The maximum atomic E-state index is 15.0. The second-order valence-corrected chi connectivity index (χ2v) is 8.67. The van der Waals surface area contributed by atoms with Crippen LogP contribution in [0.3, 0.4) is 0 Å². The maximum absolute atomic E-state index is 15.0. The highest BCUT2D eigenvalue weighted by Crippen LogP contribution is 2.36. The van der Waals surface area contributed by atoms with Gasteiger partial charge in [-0.2, -0.15) is 4.98 Å². The lowest BCUT2D eigenvalue weighted by atomic mass is 10.0. The predicted molar refractivity (Wildman–Crippen MR) is 132 cm³/mol. The Hall–Kier alpha value is -4.54. The van der Waals surface area contributed by atoms with E-state index in [1.54, 1.807) is 30.7 Å². The summed E-state index contributed by atoms with van der Waals surface area (Å²) in [5.41, 5.74) is 3.98. The average molecular weight is 487 g/mol. The first-order valence-electron chi connectivity index (χ1n) is 11.7. The van der Waals surface area contributed by atoms with Crippen LogP contribution in [0.15, 0.2) is 60.0 Å². The normalized spacial score (nSPS) is 15.8. The van der Waals surface area contributed by atoms with Gasteiger partial charge in [-0.1, -0.05) is 0 Å². The number of hydrogen-bond acceptors (Lipinski definition) is 7. The summed E-state index contributed by atoms with van der Waals surface area (Å²) >= 11 is 0. The molecule has 0 atom stereocenters. The first-order chi connectivity index (χ1) is 17.6. The Bertz CT molecular complexity index is 1480. The Morgan fingerprint density at radius 1 is 1.03 bits per heavy atom. The number of fused-ring (bicyclic) bond motifs is 3. The molecule has 0 aliphatic carbocycles. The van der Waals surface area contributed by atoms with Gasteiger partial charge in [-0.3, -0.25) is 4.98 Å². The van der Waals surface area contributed by atoms with Crippen molar-refractivity contribution in [3.05, 3.63) is 66.4 Å². The molecule has 10 nitrogen and oxygen atoms in total. The van der Waals surface area contributed by atoms with Crippen molar-refractivity contribution < 1.29 is 14.3 Å². The molecule has 0 spiro atoms. The summed E-state index contributed by atoms with van der Waals surface area (Å²) in [7, 11) is 0. The van der Waals surface area contributed by atoms with Crippen LogP contribution in [0.2, 0.25) is 0 Å². The van der Waals surface area contributed by atoms with Crippen molar-refractivity contribution in [3.63, 3.8) is 0 Å². The molecule has 1 saturated heterocycles. The summed E-state index contributed by atoms with van der Waals surface area (Å²) < 4.78 is 17.1. The third kappa shape index (κ3) is 3.98. The van der Waals surface area contributed by atoms with Crippen molar-refractivity contribution in [1.29, 1.82) is 0 Å². The number of pyridine rings is 2. The van der Waals surface area contributed by atoms with Gasteiger partial charge in [-0.15, -0.1) is 0 Å². The van der Waals surface area contributed by atoms with Gasteiger partial charge in [0.15, 0.2) is 5.82 Å². The molecule has 0 saturated carbocycles. The standard InChI is InChI=1S/C25H23FN8O2/c26-20-14-18(32-9-11-33(12-10-32)25(35)36)1-2-21(20)30-24-29-15-17-13-19(16-3-5-27-6-4-16)23-28-7-8-34(23)22(17)31-24/h1-6,13-15,28H,7-12H2,(H,35,36). The number of rotatable bonds is 3. The van der Waals surface area contributed by atoms with Crippen molar-refractivity contribution in [2.75, 3.05) is 42.9 Å². The molecule has 0 unspecified atom stereocenters. The number of piperazine rings is 1. The molecule has 6 rings (SSSR count). The van der Waals surface area contributed by atoms with E-state index in [1.807, 2.05) is 23.1 Å². The molecule has 0 bridgehead atoms. The molecule has 0 radical (unpaired) electrons. The Balaban J connectivity index is 1.32. The molecule has 1 amide bonds. The summed E-state index contributed by atoms with van der Waals surface area (Å²) in [5, 5.41) is 12.6. The van der Waals surface area contributed by atoms with Gasteiger partial charge < -0.3 is 24.8 Å². The SMILES string of the molecule is O=C(O)N1CCN(c2ccc(N=c3ncc4cc(-c5ccncc5)c5n(c-4n3)CCN5)c(F)c2)CC1. The van der Waals surface area contributed by atoms with Crippen LogP contribution < -0.4 is 15.8 Å². The lowest BCUT2D eigenvalue weighted by Gasteiger charge is -2.34. The van der Waals surface area contributed by atoms with Crippen LogP contribution in [0.1, 0.15) is 0 Å². The van der Waals surface area contributed by atoms with Crippen molar-refractivity contribution in [1.82, 2.24) is 24.4 Å². The smallest absolute Gasteiger partial charge is 0.407 e. The van der Waals surface area contributed by atoms with Gasteiger partial charge in [-0.25, -0.2) is 19.2 Å². The minimum atomic E-state index is -0.932. The van der Waals surface area contributed by atoms with Gasteiger partial charge >= 0.3 is 6.09 Å². The number of anilines is 2. The quantitative estimate of drug-likeness (QED) is 0.458. The zero-order chi connectivity index (χ0) is 24.6. The Morgan fingerprint density at radius 2 is 1.83 bits per heavy atom. The van der Waals surface area contributed by atoms with E-state index in [0.717, 1.165) is 41.4 Å². The molecule has 4 aliphatic rings. The number of hydrogen-bond donors (Lipinski definition) is 2. The van der Waals surface area contributed by atoms with Crippen LogP contribution in [0.25, 0.3) is 22.5 Å². The molecule has 1 aromatic heterocycles. The van der Waals surface area contributed by atoms with E-state index in [1.165, 1.54) is 11.0 Å². The molecule has 4 aliphatic heterocycles. The highest BCUT2D eigenvalue weighted by molar-refractivity contribution is 5.82. The zero-order valence-corrected chi connectivity index (χ0v) is 19.3. The van der Waals surface area contributed by atoms with Crippen molar-refractivity contribution in [3.8, 4) is 22.5 Å². The third-order valence-electron chi connectivity index (χ3n) is 6.55. The number of nitrogens with one attached hydrogen (secondary N) is 1. The molecule has 2 N–H and O–H groups in total. The van der Waals surface area contributed by atoms with E-state index in [4.69, 9.17) is 5.11 Å². The fourth-order valence-electron chi connectivity index (χ4n) is 4.71. The van der Waals surface area contributed by atoms with Gasteiger partial charge in [0, 0.05) is 74.7 Å². The number of carbonyl (C=O) groups is 1. The number of halogens is 1. The van der Waals surface area contributed by atoms with Gasteiger partial charge in [0.2, 0.25) is 0 Å². The summed E-state index contributed by atoms with van der Waals surface area (Å²) in [6, 6.07) is 10.8. The van der Waals surface area contributed by atoms with E-state index in [0.29, 0.717) is 31.9 Å². The van der Waals surface area contributed by atoms with Gasteiger partial charge in [0.1, 0.15) is 17.3 Å². The van der Waals surface area contributed by atoms with Gasteiger partial charge in [0.05, 0.1) is 0 Å². The lowest BCUT2D eigenvalue weighted by molar-refractivity contribution is 0.142. The fraction of sp³-hybridized carbons (Fsp3) is 0.240. The van der Waals surface area contributed by atoms with E-state index in [-0.39, 0.29) is 11.3 Å². The highest BCUT2D eigenvalue weighted by atomic mass is 19.1. The molecule has 1 fully saturated rings. The molecule has 5 heterocycles. The van der Waals surface area contributed by atoms with Crippen LogP contribution >= 0.6 is 0 Å². The Morgan fingerprint density at radius 3 is 2.58 bits per heavy atom. The van der Waals surface area contributed by atoms with E-state index in [2.05, 4.69) is 29.8 Å². The second kappa shape index (κ2) is 8.91. The second-order valence-electron chi connectivity index (χ2n) is 8.67. The molecular formula is C25H23FN8O2. The van der Waals surface area contributed by atoms with Crippen LogP contribution in [-0.4, -0.2) is 68.3 Å². The van der Waals surface area contributed by atoms with Gasteiger partial charge in [0.25, 0.3) is 5.62 Å². The molecule has 11 heteroatoms. The fourth-order valence-corrected chi connectivity index (χ4v) is 4.71. The maximum Gasteiger partial charge on any atom is 0.407 e. The highest BCUT2D eigenvalue weighted by Gasteiger charge is 2.23. The first-order valence-corrected chi connectivity index (χ1v) is 11.7. The first kappa shape index (κ1) is 22.0. The minimum Gasteiger partial charge on any atom is -0.465 e.